The molecule has 0 atom stereocenters. The van der Waals surface area contributed by atoms with E-state index in [1.54, 1.807) is 18.2 Å². The van der Waals surface area contributed by atoms with Crippen LogP contribution in [0.25, 0.3) is 22.2 Å². The topological polar surface area (TPSA) is 55.1 Å². The second kappa shape index (κ2) is 6.85. The van der Waals surface area contributed by atoms with Crippen LogP contribution in [0.2, 0.25) is 5.02 Å². The molecule has 0 aliphatic heterocycles. The van der Waals surface area contributed by atoms with Gasteiger partial charge < -0.3 is 9.84 Å². The Morgan fingerprint density at radius 1 is 1.07 bits per heavy atom. The first-order valence-corrected chi connectivity index (χ1v) is 8.62. The Morgan fingerprint density at radius 2 is 1.85 bits per heavy atom. The molecule has 4 rings (SSSR count). The number of amides is 1. The van der Waals surface area contributed by atoms with Crippen molar-refractivity contribution in [2.45, 2.75) is 6.92 Å². The molecule has 0 aliphatic rings. The molecule has 1 heterocycles. The van der Waals surface area contributed by atoms with Crippen LogP contribution in [-0.2, 0) is 0 Å². The SMILES string of the molecule is Cc1ccc(-c2onc3ccc(C(=O)Nc4ccc(F)c(Cl)c4)cc23)cc1. The van der Waals surface area contributed by atoms with Gasteiger partial charge in [0, 0.05) is 16.8 Å². The van der Waals surface area contributed by atoms with Crippen molar-refractivity contribution < 1.29 is 13.7 Å². The number of halogens is 2. The number of hydrogen-bond donors (Lipinski definition) is 1. The van der Waals surface area contributed by atoms with Crippen LogP contribution in [0.15, 0.2) is 65.2 Å². The minimum Gasteiger partial charge on any atom is -0.355 e. The van der Waals surface area contributed by atoms with Crippen molar-refractivity contribution in [2.24, 2.45) is 0 Å². The predicted octanol–water partition coefficient (Wildman–Crippen LogP) is 5.85. The third kappa shape index (κ3) is 3.41. The van der Waals surface area contributed by atoms with Gasteiger partial charge in [0.1, 0.15) is 11.3 Å². The first-order chi connectivity index (χ1) is 13.0. The number of anilines is 1. The molecular formula is C21H14ClFN2O2. The van der Waals surface area contributed by atoms with E-state index in [-0.39, 0.29) is 10.9 Å². The monoisotopic (exact) mass is 380 g/mol. The summed E-state index contributed by atoms with van der Waals surface area (Å²) in [4.78, 5) is 12.6. The summed E-state index contributed by atoms with van der Waals surface area (Å²) in [6, 6.07) is 17.0. The Hall–Kier alpha value is -3.18. The smallest absolute Gasteiger partial charge is 0.255 e. The van der Waals surface area contributed by atoms with Crippen LogP contribution in [0.1, 0.15) is 15.9 Å². The summed E-state index contributed by atoms with van der Waals surface area (Å²) in [6.45, 7) is 2.01. The molecule has 0 aliphatic carbocycles. The van der Waals surface area contributed by atoms with Gasteiger partial charge in [-0.05, 0) is 43.3 Å². The zero-order valence-corrected chi connectivity index (χ0v) is 15.0. The highest BCUT2D eigenvalue weighted by Crippen LogP contribution is 2.30. The lowest BCUT2D eigenvalue weighted by atomic mass is 10.0. The number of fused-ring (bicyclic) bond motifs is 1. The number of carbonyl (C=O) groups excluding carboxylic acids is 1. The van der Waals surface area contributed by atoms with E-state index in [0.29, 0.717) is 22.5 Å². The number of aryl methyl sites for hydroxylation is 1. The van der Waals surface area contributed by atoms with Crippen molar-refractivity contribution in [1.82, 2.24) is 5.16 Å². The third-order valence-corrected chi connectivity index (χ3v) is 4.52. The van der Waals surface area contributed by atoms with Crippen LogP contribution < -0.4 is 5.32 Å². The van der Waals surface area contributed by atoms with Crippen LogP contribution in [0.5, 0.6) is 0 Å². The minimum atomic E-state index is -0.539. The highest BCUT2D eigenvalue weighted by Gasteiger charge is 2.14. The fraction of sp³-hybridized carbons (Fsp3) is 0.0476. The Kier molecular flexibility index (Phi) is 4.38. The van der Waals surface area contributed by atoms with Gasteiger partial charge in [0.25, 0.3) is 5.91 Å². The maximum Gasteiger partial charge on any atom is 0.255 e. The third-order valence-electron chi connectivity index (χ3n) is 4.23. The van der Waals surface area contributed by atoms with E-state index in [4.69, 9.17) is 16.1 Å². The molecule has 0 spiro atoms. The van der Waals surface area contributed by atoms with Crippen LogP contribution in [-0.4, -0.2) is 11.1 Å². The van der Waals surface area contributed by atoms with E-state index >= 15 is 0 Å². The number of rotatable bonds is 3. The molecule has 3 aromatic carbocycles. The van der Waals surface area contributed by atoms with E-state index in [1.165, 1.54) is 18.2 Å². The molecule has 0 radical (unpaired) electrons. The molecular weight excluding hydrogens is 367 g/mol. The summed E-state index contributed by atoms with van der Waals surface area (Å²) >= 11 is 5.76. The van der Waals surface area contributed by atoms with Gasteiger partial charge in [0.15, 0.2) is 5.76 Å². The van der Waals surface area contributed by atoms with Crippen LogP contribution >= 0.6 is 11.6 Å². The van der Waals surface area contributed by atoms with Crippen molar-refractivity contribution in [3.63, 3.8) is 0 Å². The first-order valence-electron chi connectivity index (χ1n) is 8.24. The lowest BCUT2D eigenvalue weighted by molar-refractivity contribution is 0.102. The molecule has 0 saturated carbocycles. The molecule has 1 amide bonds. The van der Waals surface area contributed by atoms with Crippen molar-refractivity contribution in [3.8, 4) is 11.3 Å². The molecule has 0 fully saturated rings. The number of nitrogens with one attached hydrogen (secondary N) is 1. The first kappa shape index (κ1) is 17.2. The van der Waals surface area contributed by atoms with Crippen molar-refractivity contribution in [3.05, 3.63) is 82.6 Å². The molecule has 0 saturated heterocycles. The fourth-order valence-corrected chi connectivity index (χ4v) is 2.95. The van der Waals surface area contributed by atoms with Crippen molar-refractivity contribution in [1.29, 1.82) is 0 Å². The number of aromatic nitrogens is 1. The highest BCUT2D eigenvalue weighted by molar-refractivity contribution is 6.31. The lowest BCUT2D eigenvalue weighted by Crippen LogP contribution is -2.11. The fourth-order valence-electron chi connectivity index (χ4n) is 2.77. The van der Waals surface area contributed by atoms with Gasteiger partial charge in [-0.25, -0.2) is 4.39 Å². The summed E-state index contributed by atoms with van der Waals surface area (Å²) in [5, 5.41) is 7.45. The Morgan fingerprint density at radius 3 is 2.59 bits per heavy atom. The largest absolute Gasteiger partial charge is 0.355 e. The molecule has 4 nitrogen and oxygen atoms in total. The van der Waals surface area contributed by atoms with Gasteiger partial charge in [-0.15, -0.1) is 0 Å². The summed E-state index contributed by atoms with van der Waals surface area (Å²) in [5.74, 6) is -0.275. The molecule has 4 aromatic rings. The van der Waals surface area contributed by atoms with Gasteiger partial charge >= 0.3 is 0 Å². The second-order valence-corrected chi connectivity index (χ2v) is 6.60. The zero-order valence-electron chi connectivity index (χ0n) is 14.3. The molecule has 0 bridgehead atoms. The molecule has 27 heavy (non-hydrogen) atoms. The zero-order chi connectivity index (χ0) is 19.0. The second-order valence-electron chi connectivity index (χ2n) is 6.19. The van der Waals surface area contributed by atoms with E-state index in [9.17, 15) is 9.18 Å². The van der Waals surface area contributed by atoms with Gasteiger partial charge in [0.2, 0.25) is 0 Å². The van der Waals surface area contributed by atoms with Crippen LogP contribution in [0.4, 0.5) is 10.1 Å². The predicted molar refractivity (Wildman–Crippen MR) is 104 cm³/mol. The Labute approximate surface area is 159 Å². The van der Waals surface area contributed by atoms with E-state index in [2.05, 4.69) is 10.5 Å². The molecule has 0 unspecified atom stereocenters. The maximum atomic E-state index is 13.3. The van der Waals surface area contributed by atoms with E-state index < -0.39 is 5.82 Å². The number of hydrogen-bond acceptors (Lipinski definition) is 3. The number of nitrogens with zero attached hydrogens (tertiary/aromatic N) is 1. The average molecular weight is 381 g/mol. The van der Waals surface area contributed by atoms with Gasteiger partial charge in [0.05, 0.1) is 10.4 Å². The van der Waals surface area contributed by atoms with Crippen LogP contribution in [0, 0.1) is 12.7 Å². The van der Waals surface area contributed by atoms with E-state index in [1.807, 2.05) is 31.2 Å². The van der Waals surface area contributed by atoms with Gasteiger partial charge in [-0.3, -0.25) is 4.79 Å². The quantitative estimate of drug-likeness (QED) is 0.485. The number of benzene rings is 3. The summed E-state index contributed by atoms with van der Waals surface area (Å²) < 4.78 is 18.7. The Balaban J connectivity index is 1.68. The summed E-state index contributed by atoms with van der Waals surface area (Å²) in [5.41, 5.74) is 3.52. The molecule has 6 heteroatoms. The highest BCUT2D eigenvalue weighted by atomic mass is 35.5. The molecule has 1 aromatic heterocycles. The summed E-state index contributed by atoms with van der Waals surface area (Å²) in [6.07, 6.45) is 0. The van der Waals surface area contributed by atoms with Gasteiger partial charge in [-0.1, -0.05) is 46.6 Å². The lowest BCUT2D eigenvalue weighted by Gasteiger charge is -2.06. The van der Waals surface area contributed by atoms with Gasteiger partial charge in [-0.2, -0.15) is 0 Å². The summed E-state index contributed by atoms with van der Waals surface area (Å²) in [7, 11) is 0. The average Bonchev–Trinajstić information content (AvgIpc) is 3.08. The van der Waals surface area contributed by atoms with Crippen molar-refractivity contribution in [2.75, 3.05) is 5.32 Å². The van der Waals surface area contributed by atoms with Crippen molar-refractivity contribution >= 4 is 34.1 Å². The van der Waals surface area contributed by atoms with E-state index in [0.717, 1.165) is 16.5 Å². The standard InChI is InChI=1S/C21H14ClFN2O2/c1-12-2-4-13(5-3-12)20-16-10-14(6-9-19(16)25-27-20)21(26)24-15-7-8-18(23)17(22)11-15/h2-11H,1H3,(H,24,26). The molecule has 1 N–H and O–H groups in total. The maximum absolute atomic E-state index is 13.3. The molecule has 134 valence electrons. The minimum absolute atomic E-state index is 0.0519. The number of carbonyl (C=O) groups is 1. The normalized spacial score (nSPS) is 10.9. The van der Waals surface area contributed by atoms with Crippen LogP contribution in [0.3, 0.4) is 0 Å². The Bertz CT molecular complexity index is 1150.